The zero-order valence-corrected chi connectivity index (χ0v) is 18.8. The van der Waals surface area contributed by atoms with Gasteiger partial charge < -0.3 is 9.47 Å². The van der Waals surface area contributed by atoms with Gasteiger partial charge >= 0.3 is 0 Å². The van der Waals surface area contributed by atoms with Gasteiger partial charge in [-0.1, -0.05) is 29.8 Å². The number of benzene rings is 2. The van der Waals surface area contributed by atoms with Crippen LogP contribution in [0.2, 0.25) is 5.02 Å². The predicted molar refractivity (Wildman–Crippen MR) is 129 cm³/mol. The molecule has 0 atom stereocenters. The van der Waals surface area contributed by atoms with Crippen molar-refractivity contribution < 1.29 is 14.3 Å². The van der Waals surface area contributed by atoms with Crippen LogP contribution in [0.3, 0.4) is 0 Å². The Hall–Kier alpha value is -3.97. The van der Waals surface area contributed by atoms with E-state index in [9.17, 15) is 4.79 Å². The standard InChI is InChI=1S/C25H21ClN4O3/c1-3-33-24-20(26)12-16(13-23(24)32-2)15-28-30-25(31)19-14-22(17-8-10-27-11-9-17)29-21-7-5-4-6-18(19)21/h4-15H,3H2,1-2H3,(H,30,31)/b28-15+. The monoisotopic (exact) mass is 460 g/mol. The molecular formula is C25H21ClN4O3. The molecule has 4 aromatic rings. The number of aromatic nitrogens is 2. The second-order valence-electron chi connectivity index (χ2n) is 6.97. The molecule has 1 N–H and O–H groups in total. The molecule has 0 saturated heterocycles. The highest BCUT2D eigenvalue weighted by molar-refractivity contribution is 6.32. The van der Waals surface area contributed by atoms with Gasteiger partial charge in [-0.25, -0.2) is 10.4 Å². The number of hydrazone groups is 1. The fraction of sp³-hybridized carbons (Fsp3) is 0.120. The second-order valence-corrected chi connectivity index (χ2v) is 7.38. The van der Waals surface area contributed by atoms with Crippen LogP contribution in [0.1, 0.15) is 22.8 Å². The van der Waals surface area contributed by atoms with Crippen LogP contribution in [0.25, 0.3) is 22.2 Å². The van der Waals surface area contributed by atoms with Gasteiger partial charge in [0.1, 0.15) is 0 Å². The van der Waals surface area contributed by atoms with Crippen molar-refractivity contribution in [3.63, 3.8) is 0 Å². The van der Waals surface area contributed by atoms with Crippen LogP contribution in [0, 0.1) is 0 Å². The zero-order valence-electron chi connectivity index (χ0n) is 18.1. The van der Waals surface area contributed by atoms with Crippen LogP contribution in [-0.4, -0.2) is 35.8 Å². The van der Waals surface area contributed by atoms with Gasteiger partial charge in [-0.3, -0.25) is 9.78 Å². The first-order valence-corrected chi connectivity index (χ1v) is 10.6. The number of hydrogen-bond donors (Lipinski definition) is 1. The molecule has 166 valence electrons. The molecule has 4 rings (SSSR count). The Morgan fingerprint density at radius 1 is 1.15 bits per heavy atom. The predicted octanol–water partition coefficient (Wildman–Crippen LogP) is 5.12. The van der Waals surface area contributed by atoms with Crippen LogP contribution >= 0.6 is 11.6 Å². The lowest BCUT2D eigenvalue weighted by molar-refractivity contribution is 0.0956. The fourth-order valence-electron chi connectivity index (χ4n) is 3.36. The Bertz CT molecular complexity index is 1330. The third-order valence-corrected chi connectivity index (χ3v) is 5.14. The summed E-state index contributed by atoms with van der Waals surface area (Å²) in [5.74, 6) is 0.596. The Morgan fingerprint density at radius 2 is 1.94 bits per heavy atom. The number of rotatable bonds is 7. The Kier molecular flexibility index (Phi) is 6.80. The lowest BCUT2D eigenvalue weighted by Gasteiger charge is -2.11. The minimum atomic E-state index is -0.357. The summed E-state index contributed by atoms with van der Waals surface area (Å²) < 4.78 is 10.9. The Morgan fingerprint density at radius 3 is 2.70 bits per heavy atom. The highest BCUT2D eigenvalue weighted by Gasteiger charge is 2.14. The van der Waals surface area contributed by atoms with Crippen molar-refractivity contribution in [3.8, 4) is 22.8 Å². The number of halogens is 1. The number of carbonyl (C=O) groups is 1. The van der Waals surface area contributed by atoms with Crippen molar-refractivity contribution >= 4 is 34.6 Å². The quantitative estimate of drug-likeness (QED) is 0.305. The summed E-state index contributed by atoms with van der Waals surface area (Å²) in [4.78, 5) is 21.7. The number of amides is 1. The third-order valence-electron chi connectivity index (χ3n) is 4.86. The molecule has 0 saturated carbocycles. The van der Waals surface area contributed by atoms with Gasteiger partial charge in [0.05, 0.1) is 41.7 Å². The fourth-order valence-corrected chi connectivity index (χ4v) is 3.63. The van der Waals surface area contributed by atoms with E-state index >= 15 is 0 Å². The lowest BCUT2D eigenvalue weighted by atomic mass is 10.0. The summed E-state index contributed by atoms with van der Waals surface area (Å²) in [6.45, 7) is 2.32. The van der Waals surface area contributed by atoms with Crippen molar-refractivity contribution in [2.24, 2.45) is 5.10 Å². The summed E-state index contributed by atoms with van der Waals surface area (Å²) in [5.41, 5.74) is 5.96. The molecule has 33 heavy (non-hydrogen) atoms. The topological polar surface area (TPSA) is 85.7 Å². The SMILES string of the molecule is CCOc1c(Cl)cc(/C=N/NC(=O)c2cc(-c3ccncc3)nc3ccccc23)cc1OC. The maximum Gasteiger partial charge on any atom is 0.272 e. The maximum absolute atomic E-state index is 13.0. The summed E-state index contributed by atoms with van der Waals surface area (Å²) >= 11 is 6.31. The maximum atomic E-state index is 13.0. The number of carbonyl (C=O) groups excluding carboxylic acids is 1. The molecule has 0 unspecified atom stereocenters. The summed E-state index contributed by atoms with van der Waals surface area (Å²) in [7, 11) is 1.53. The lowest BCUT2D eigenvalue weighted by Crippen LogP contribution is -2.18. The average molecular weight is 461 g/mol. The molecule has 0 spiro atoms. The van der Waals surface area contributed by atoms with E-state index in [0.717, 1.165) is 10.9 Å². The highest BCUT2D eigenvalue weighted by atomic mass is 35.5. The van der Waals surface area contributed by atoms with Crippen LogP contribution < -0.4 is 14.9 Å². The van der Waals surface area contributed by atoms with Crippen LogP contribution in [0.15, 0.2) is 72.1 Å². The molecule has 2 aromatic heterocycles. The Balaban J connectivity index is 1.62. The molecule has 0 bridgehead atoms. The van der Waals surface area contributed by atoms with Crippen molar-refractivity contribution in [2.75, 3.05) is 13.7 Å². The molecule has 8 heteroatoms. The number of nitrogens with zero attached hydrogens (tertiary/aromatic N) is 3. The van der Waals surface area contributed by atoms with E-state index in [4.69, 9.17) is 21.1 Å². The molecule has 7 nitrogen and oxygen atoms in total. The van der Waals surface area contributed by atoms with Crippen LogP contribution in [0.5, 0.6) is 11.5 Å². The van der Waals surface area contributed by atoms with Crippen molar-refractivity contribution in [1.82, 2.24) is 15.4 Å². The first-order valence-electron chi connectivity index (χ1n) is 10.2. The van der Waals surface area contributed by atoms with E-state index in [0.29, 0.717) is 45.5 Å². The van der Waals surface area contributed by atoms with E-state index < -0.39 is 0 Å². The van der Waals surface area contributed by atoms with Crippen LogP contribution in [0.4, 0.5) is 0 Å². The molecule has 0 fully saturated rings. The molecular weight excluding hydrogens is 440 g/mol. The van der Waals surface area contributed by atoms with Gasteiger partial charge in [0, 0.05) is 23.3 Å². The van der Waals surface area contributed by atoms with Crippen molar-refractivity contribution in [2.45, 2.75) is 6.92 Å². The van der Waals surface area contributed by atoms with Crippen molar-refractivity contribution in [3.05, 3.63) is 83.1 Å². The molecule has 0 aliphatic rings. The average Bonchev–Trinajstić information content (AvgIpc) is 2.85. The number of hydrogen-bond acceptors (Lipinski definition) is 6. The smallest absolute Gasteiger partial charge is 0.272 e. The van der Waals surface area contributed by atoms with E-state index in [1.54, 1.807) is 30.6 Å². The van der Waals surface area contributed by atoms with Crippen molar-refractivity contribution in [1.29, 1.82) is 0 Å². The summed E-state index contributed by atoms with van der Waals surface area (Å²) in [6, 6.07) is 16.3. The number of fused-ring (bicyclic) bond motifs is 1. The summed E-state index contributed by atoms with van der Waals surface area (Å²) in [6.07, 6.45) is 4.87. The minimum Gasteiger partial charge on any atom is -0.493 e. The third kappa shape index (κ3) is 4.94. The number of nitrogens with one attached hydrogen (secondary N) is 1. The van der Waals surface area contributed by atoms with Gasteiger partial charge in [0.15, 0.2) is 11.5 Å². The van der Waals surface area contributed by atoms with Gasteiger partial charge in [-0.15, -0.1) is 0 Å². The second kappa shape index (κ2) is 10.1. The number of methoxy groups -OCH3 is 1. The molecule has 2 heterocycles. The van der Waals surface area contributed by atoms with Gasteiger partial charge in [-0.2, -0.15) is 5.10 Å². The molecule has 2 aromatic carbocycles. The normalized spacial score (nSPS) is 11.0. The van der Waals surface area contributed by atoms with Gasteiger partial charge in [0.25, 0.3) is 5.91 Å². The minimum absolute atomic E-state index is 0.357. The first-order chi connectivity index (χ1) is 16.1. The van der Waals surface area contributed by atoms with E-state index in [1.807, 2.05) is 43.3 Å². The molecule has 0 aliphatic carbocycles. The number of ether oxygens (including phenoxy) is 2. The molecule has 0 aliphatic heterocycles. The number of para-hydroxylation sites is 1. The highest BCUT2D eigenvalue weighted by Crippen LogP contribution is 2.36. The Labute approximate surface area is 196 Å². The largest absolute Gasteiger partial charge is 0.493 e. The van der Waals surface area contributed by atoms with E-state index in [1.165, 1.54) is 13.3 Å². The molecule has 0 radical (unpaired) electrons. The van der Waals surface area contributed by atoms with E-state index in [2.05, 4.69) is 20.5 Å². The van der Waals surface area contributed by atoms with E-state index in [-0.39, 0.29) is 5.91 Å². The molecule has 1 amide bonds. The van der Waals surface area contributed by atoms with Gasteiger partial charge in [-0.05, 0) is 48.9 Å². The van der Waals surface area contributed by atoms with Gasteiger partial charge in [0.2, 0.25) is 0 Å². The summed E-state index contributed by atoms with van der Waals surface area (Å²) in [5, 5.41) is 5.23. The first kappa shape index (κ1) is 22.2. The van der Waals surface area contributed by atoms with Crippen LogP contribution in [-0.2, 0) is 0 Å². The number of pyridine rings is 2. The zero-order chi connectivity index (χ0) is 23.2.